The lowest BCUT2D eigenvalue weighted by atomic mass is 10.2. The Labute approximate surface area is 141 Å². The highest BCUT2D eigenvalue weighted by molar-refractivity contribution is 5.77. The maximum atomic E-state index is 12.6. The Hall–Kier alpha value is -3.48. The molecule has 0 N–H and O–H groups in total. The van der Waals surface area contributed by atoms with Gasteiger partial charge in [-0.25, -0.2) is 4.79 Å². The van der Waals surface area contributed by atoms with Gasteiger partial charge in [0, 0.05) is 12.6 Å². The van der Waals surface area contributed by atoms with E-state index in [1.54, 1.807) is 31.3 Å². The first-order valence-corrected chi connectivity index (χ1v) is 7.72. The second kappa shape index (κ2) is 5.86. The summed E-state index contributed by atoms with van der Waals surface area (Å²) in [5.74, 6) is 0.620. The van der Waals surface area contributed by atoms with Gasteiger partial charge in [-0.1, -0.05) is 47.6 Å². The number of aryl methyl sites for hydroxylation is 1. The van der Waals surface area contributed by atoms with Crippen molar-refractivity contribution in [2.24, 2.45) is 7.05 Å². The minimum absolute atomic E-state index is 0.0732. The molecular formula is C18H14N4O3. The maximum Gasteiger partial charge on any atom is 0.331 e. The standard InChI is InChI=1S/C18H14N4O3/c1-21-14-10-6-5-9-13(14)17(23)22(18(21)24)11-15-19-16(20-25-15)12-7-3-2-4-8-12/h2-10H,11H2,1H3. The summed E-state index contributed by atoms with van der Waals surface area (Å²) in [7, 11) is 1.63. The number of nitrogens with zero attached hydrogens (tertiary/aromatic N) is 4. The zero-order valence-corrected chi connectivity index (χ0v) is 13.4. The van der Waals surface area contributed by atoms with Crippen molar-refractivity contribution in [2.45, 2.75) is 6.54 Å². The highest BCUT2D eigenvalue weighted by Gasteiger charge is 2.14. The quantitative estimate of drug-likeness (QED) is 0.570. The Morgan fingerprint density at radius 1 is 1.00 bits per heavy atom. The molecule has 25 heavy (non-hydrogen) atoms. The van der Waals surface area contributed by atoms with Crippen molar-refractivity contribution in [3.63, 3.8) is 0 Å². The average Bonchev–Trinajstić information content (AvgIpc) is 3.13. The van der Waals surface area contributed by atoms with Crippen LogP contribution >= 0.6 is 0 Å². The molecule has 0 atom stereocenters. The van der Waals surface area contributed by atoms with Gasteiger partial charge in [-0.05, 0) is 12.1 Å². The third kappa shape index (κ3) is 2.55. The van der Waals surface area contributed by atoms with Crippen LogP contribution in [0.2, 0.25) is 0 Å². The zero-order chi connectivity index (χ0) is 17.4. The number of fused-ring (bicyclic) bond motifs is 1. The van der Waals surface area contributed by atoms with E-state index in [0.29, 0.717) is 16.7 Å². The second-order valence-electron chi connectivity index (χ2n) is 5.63. The van der Waals surface area contributed by atoms with Crippen LogP contribution in [0, 0.1) is 0 Å². The van der Waals surface area contributed by atoms with Gasteiger partial charge in [-0.2, -0.15) is 4.98 Å². The van der Waals surface area contributed by atoms with Crippen molar-refractivity contribution < 1.29 is 4.52 Å². The highest BCUT2D eigenvalue weighted by atomic mass is 16.5. The monoisotopic (exact) mass is 334 g/mol. The zero-order valence-electron chi connectivity index (χ0n) is 13.4. The molecule has 4 aromatic rings. The van der Waals surface area contributed by atoms with E-state index in [-0.39, 0.29) is 18.0 Å². The van der Waals surface area contributed by atoms with E-state index in [2.05, 4.69) is 10.1 Å². The summed E-state index contributed by atoms with van der Waals surface area (Å²) in [6.07, 6.45) is 0. The lowest BCUT2D eigenvalue weighted by molar-refractivity contribution is 0.367. The highest BCUT2D eigenvalue weighted by Crippen LogP contribution is 2.15. The third-order valence-corrected chi connectivity index (χ3v) is 4.05. The van der Waals surface area contributed by atoms with Crippen LogP contribution in [0.3, 0.4) is 0 Å². The van der Waals surface area contributed by atoms with E-state index < -0.39 is 5.69 Å². The van der Waals surface area contributed by atoms with Crippen LogP contribution in [0.25, 0.3) is 22.3 Å². The molecule has 0 radical (unpaired) electrons. The van der Waals surface area contributed by atoms with Gasteiger partial charge in [0.2, 0.25) is 11.7 Å². The van der Waals surface area contributed by atoms with E-state index in [0.717, 1.165) is 10.1 Å². The molecule has 0 saturated carbocycles. The maximum absolute atomic E-state index is 12.6. The molecular weight excluding hydrogens is 320 g/mol. The van der Waals surface area contributed by atoms with Crippen molar-refractivity contribution in [3.05, 3.63) is 81.3 Å². The summed E-state index contributed by atoms with van der Waals surface area (Å²) in [5.41, 5.74) is 0.585. The molecule has 2 heterocycles. The van der Waals surface area contributed by atoms with Gasteiger partial charge in [0.05, 0.1) is 10.9 Å². The van der Waals surface area contributed by atoms with Gasteiger partial charge in [0.15, 0.2) is 0 Å². The van der Waals surface area contributed by atoms with Crippen molar-refractivity contribution in [1.82, 2.24) is 19.3 Å². The Morgan fingerprint density at radius 2 is 1.72 bits per heavy atom. The van der Waals surface area contributed by atoms with Crippen molar-refractivity contribution in [3.8, 4) is 11.4 Å². The number of rotatable bonds is 3. The van der Waals surface area contributed by atoms with E-state index in [1.807, 2.05) is 30.3 Å². The third-order valence-electron chi connectivity index (χ3n) is 4.05. The summed E-state index contributed by atoms with van der Waals surface area (Å²) in [4.78, 5) is 29.4. The number of aromatic nitrogens is 4. The molecule has 0 bridgehead atoms. The average molecular weight is 334 g/mol. The Bertz CT molecular complexity index is 1170. The second-order valence-corrected chi connectivity index (χ2v) is 5.63. The summed E-state index contributed by atoms with van der Waals surface area (Å²) in [5, 5.41) is 4.38. The van der Waals surface area contributed by atoms with Gasteiger partial charge < -0.3 is 4.52 Å². The van der Waals surface area contributed by atoms with Crippen LogP contribution in [-0.4, -0.2) is 19.3 Å². The minimum atomic E-state index is -0.428. The number of benzene rings is 2. The fourth-order valence-electron chi connectivity index (χ4n) is 2.76. The summed E-state index contributed by atoms with van der Waals surface area (Å²) < 4.78 is 7.75. The molecule has 7 heteroatoms. The summed E-state index contributed by atoms with van der Waals surface area (Å²) >= 11 is 0. The smallest absolute Gasteiger partial charge is 0.331 e. The Morgan fingerprint density at radius 3 is 2.52 bits per heavy atom. The lowest BCUT2D eigenvalue weighted by Gasteiger charge is -2.08. The first-order chi connectivity index (χ1) is 12.1. The largest absolute Gasteiger partial charge is 0.337 e. The number of hydrogen-bond acceptors (Lipinski definition) is 5. The van der Waals surface area contributed by atoms with E-state index >= 15 is 0 Å². The predicted molar refractivity (Wildman–Crippen MR) is 92.3 cm³/mol. The first kappa shape index (κ1) is 15.1. The van der Waals surface area contributed by atoms with Crippen LogP contribution in [0.15, 0.2) is 68.7 Å². The number of para-hydroxylation sites is 1. The fourth-order valence-corrected chi connectivity index (χ4v) is 2.76. The van der Waals surface area contributed by atoms with Gasteiger partial charge in [0.25, 0.3) is 5.56 Å². The molecule has 0 aliphatic heterocycles. The van der Waals surface area contributed by atoms with Crippen LogP contribution < -0.4 is 11.2 Å². The molecule has 0 saturated heterocycles. The van der Waals surface area contributed by atoms with Crippen molar-refractivity contribution in [2.75, 3.05) is 0 Å². The van der Waals surface area contributed by atoms with E-state index in [9.17, 15) is 9.59 Å². The van der Waals surface area contributed by atoms with Gasteiger partial charge in [-0.3, -0.25) is 13.9 Å². The van der Waals surface area contributed by atoms with Crippen LogP contribution in [0.4, 0.5) is 0 Å². The molecule has 0 fully saturated rings. The molecule has 7 nitrogen and oxygen atoms in total. The molecule has 2 aromatic heterocycles. The molecule has 0 aliphatic rings. The molecule has 0 amide bonds. The normalized spacial score (nSPS) is 11.1. The Balaban J connectivity index is 1.79. The van der Waals surface area contributed by atoms with Crippen LogP contribution in [0.1, 0.15) is 5.89 Å². The lowest BCUT2D eigenvalue weighted by Crippen LogP contribution is -2.39. The van der Waals surface area contributed by atoms with E-state index in [1.165, 1.54) is 4.57 Å². The minimum Gasteiger partial charge on any atom is -0.337 e. The van der Waals surface area contributed by atoms with E-state index in [4.69, 9.17) is 4.52 Å². The predicted octanol–water partition coefficient (Wildman–Crippen LogP) is 1.80. The molecule has 0 unspecified atom stereocenters. The summed E-state index contributed by atoms with van der Waals surface area (Å²) in [6, 6.07) is 16.3. The van der Waals surface area contributed by atoms with Crippen molar-refractivity contribution in [1.29, 1.82) is 0 Å². The van der Waals surface area contributed by atoms with Crippen LogP contribution in [-0.2, 0) is 13.6 Å². The topological polar surface area (TPSA) is 82.9 Å². The SMILES string of the molecule is Cn1c(=O)n(Cc2nc(-c3ccccc3)no2)c(=O)c2ccccc21. The van der Waals surface area contributed by atoms with Crippen LogP contribution in [0.5, 0.6) is 0 Å². The number of hydrogen-bond donors (Lipinski definition) is 0. The molecule has 4 rings (SSSR count). The molecule has 0 aliphatic carbocycles. The van der Waals surface area contributed by atoms with Gasteiger partial charge in [0.1, 0.15) is 6.54 Å². The fraction of sp³-hybridized carbons (Fsp3) is 0.111. The van der Waals surface area contributed by atoms with Crippen molar-refractivity contribution >= 4 is 10.9 Å². The van der Waals surface area contributed by atoms with Gasteiger partial charge in [-0.15, -0.1) is 0 Å². The molecule has 0 spiro atoms. The van der Waals surface area contributed by atoms with Gasteiger partial charge >= 0.3 is 5.69 Å². The first-order valence-electron chi connectivity index (χ1n) is 7.72. The molecule has 2 aromatic carbocycles. The summed E-state index contributed by atoms with van der Waals surface area (Å²) in [6.45, 7) is -0.0732. The Kier molecular flexibility index (Phi) is 3.53. The molecule has 124 valence electrons.